The molecule has 0 atom stereocenters. The number of carbonyl (C=O) groups is 3. The average molecular weight is 527 g/mol. The van der Waals surface area contributed by atoms with Crippen LogP contribution in [0.5, 0.6) is 5.75 Å². The number of hydrazone groups is 1. The molecule has 0 aromatic heterocycles. The smallest absolute Gasteiger partial charge is 0.344 e. The van der Waals surface area contributed by atoms with Gasteiger partial charge in [0.25, 0.3) is 0 Å². The number of benzene rings is 3. The monoisotopic (exact) mass is 527 g/mol. The normalized spacial score (nSPS) is 10.5. The van der Waals surface area contributed by atoms with E-state index in [4.69, 9.17) is 4.74 Å². The van der Waals surface area contributed by atoms with Crippen LogP contribution in [0.1, 0.15) is 21.5 Å². The van der Waals surface area contributed by atoms with Crippen LogP contribution in [0.2, 0.25) is 0 Å². The van der Waals surface area contributed by atoms with E-state index in [2.05, 4.69) is 38.4 Å². The first-order valence-electron chi connectivity index (χ1n) is 9.21. The van der Waals surface area contributed by atoms with Gasteiger partial charge in [-0.1, -0.05) is 30.3 Å². The Bertz CT molecular complexity index is 1140. The van der Waals surface area contributed by atoms with Crippen molar-refractivity contribution in [2.45, 2.75) is 6.92 Å². The summed E-state index contributed by atoms with van der Waals surface area (Å²) < 4.78 is 6.17. The second-order valence-electron chi connectivity index (χ2n) is 6.41. The van der Waals surface area contributed by atoms with Crippen molar-refractivity contribution in [1.82, 2.24) is 5.43 Å². The molecule has 2 amide bonds. The highest BCUT2D eigenvalue weighted by Gasteiger charge is 2.14. The van der Waals surface area contributed by atoms with Crippen LogP contribution in [-0.2, 0) is 9.59 Å². The molecule has 3 aromatic rings. The van der Waals surface area contributed by atoms with Crippen molar-refractivity contribution in [2.75, 3.05) is 5.32 Å². The van der Waals surface area contributed by atoms with E-state index in [1.54, 1.807) is 48.5 Å². The number of hydrogen-bond donors (Lipinski definition) is 2. The van der Waals surface area contributed by atoms with E-state index < -0.39 is 17.8 Å². The Morgan fingerprint density at radius 1 is 0.903 bits per heavy atom. The number of halogens is 1. The minimum absolute atomic E-state index is 0.378. The van der Waals surface area contributed by atoms with Crippen molar-refractivity contribution in [3.8, 4) is 5.75 Å². The van der Waals surface area contributed by atoms with Gasteiger partial charge in [-0.05, 0) is 83.1 Å². The summed E-state index contributed by atoms with van der Waals surface area (Å²) in [5.41, 5.74) is 4.71. The molecular weight excluding hydrogens is 509 g/mol. The Morgan fingerprint density at radius 3 is 2.29 bits per heavy atom. The molecule has 31 heavy (non-hydrogen) atoms. The van der Waals surface area contributed by atoms with Gasteiger partial charge >= 0.3 is 17.8 Å². The molecular formula is C23H18IN3O4. The lowest BCUT2D eigenvalue weighted by Crippen LogP contribution is -2.32. The van der Waals surface area contributed by atoms with Crippen molar-refractivity contribution in [1.29, 1.82) is 0 Å². The first-order valence-corrected chi connectivity index (χ1v) is 10.3. The minimum Gasteiger partial charge on any atom is -0.423 e. The van der Waals surface area contributed by atoms with Crippen LogP contribution in [0.4, 0.5) is 5.69 Å². The van der Waals surface area contributed by atoms with Gasteiger partial charge in [-0.3, -0.25) is 9.59 Å². The number of rotatable bonds is 5. The van der Waals surface area contributed by atoms with Crippen molar-refractivity contribution < 1.29 is 19.1 Å². The van der Waals surface area contributed by atoms with E-state index in [9.17, 15) is 14.4 Å². The second-order valence-corrected chi connectivity index (χ2v) is 7.57. The highest BCUT2D eigenvalue weighted by molar-refractivity contribution is 14.1. The van der Waals surface area contributed by atoms with Crippen molar-refractivity contribution in [3.05, 3.63) is 93.1 Å². The fourth-order valence-electron chi connectivity index (χ4n) is 2.52. The summed E-state index contributed by atoms with van der Waals surface area (Å²) in [5, 5.41) is 6.31. The van der Waals surface area contributed by atoms with Gasteiger partial charge in [0.05, 0.1) is 11.8 Å². The van der Waals surface area contributed by atoms with Gasteiger partial charge in [0.2, 0.25) is 0 Å². The van der Waals surface area contributed by atoms with Crippen molar-refractivity contribution in [2.24, 2.45) is 5.10 Å². The zero-order chi connectivity index (χ0) is 22.2. The standard InChI is InChI=1S/C23H18IN3O4/c1-15-6-2-5-9-20(15)26-21(28)22(29)27-25-14-16-10-12-17(13-11-16)31-23(30)18-7-3-4-8-19(18)24/h2-14H,1H3,(H,26,28)(H,27,29)/b25-14+. The zero-order valence-corrected chi connectivity index (χ0v) is 18.6. The van der Waals surface area contributed by atoms with Gasteiger partial charge in [-0.2, -0.15) is 5.10 Å². The fraction of sp³-hybridized carbons (Fsp3) is 0.0435. The van der Waals surface area contributed by atoms with Gasteiger partial charge < -0.3 is 10.1 Å². The van der Waals surface area contributed by atoms with Crippen LogP contribution >= 0.6 is 22.6 Å². The number of aryl methyl sites for hydroxylation is 1. The highest BCUT2D eigenvalue weighted by Crippen LogP contribution is 2.17. The Labute approximate surface area is 192 Å². The molecule has 0 saturated heterocycles. The number of nitrogens with zero attached hydrogens (tertiary/aromatic N) is 1. The molecule has 8 heteroatoms. The molecule has 0 fully saturated rings. The van der Waals surface area contributed by atoms with Gasteiger partial charge in [-0.15, -0.1) is 0 Å². The van der Waals surface area contributed by atoms with E-state index in [1.807, 2.05) is 31.2 Å². The van der Waals surface area contributed by atoms with Crippen LogP contribution in [0.25, 0.3) is 0 Å². The first kappa shape index (κ1) is 22.2. The number of esters is 1. The molecule has 0 saturated carbocycles. The van der Waals surface area contributed by atoms with Crippen LogP contribution in [0.15, 0.2) is 77.9 Å². The average Bonchev–Trinajstić information content (AvgIpc) is 2.76. The van der Waals surface area contributed by atoms with Gasteiger partial charge in [0.1, 0.15) is 5.75 Å². The number of ether oxygens (including phenoxy) is 1. The Morgan fingerprint density at radius 2 is 1.58 bits per heavy atom. The third kappa shape index (κ3) is 6.22. The molecule has 7 nitrogen and oxygen atoms in total. The lowest BCUT2D eigenvalue weighted by atomic mass is 10.2. The minimum atomic E-state index is -0.887. The van der Waals surface area contributed by atoms with Crippen molar-refractivity contribution >= 4 is 52.3 Å². The number of carbonyl (C=O) groups excluding carboxylic acids is 3. The van der Waals surface area contributed by atoms with E-state index in [0.717, 1.165) is 9.13 Å². The van der Waals surface area contributed by atoms with Crippen molar-refractivity contribution in [3.63, 3.8) is 0 Å². The SMILES string of the molecule is Cc1ccccc1NC(=O)C(=O)N/N=C/c1ccc(OC(=O)c2ccccc2I)cc1. The molecule has 2 N–H and O–H groups in total. The number of anilines is 1. The summed E-state index contributed by atoms with van der Waals surface area (Å²) in [6.45, 7) is 1.83. The zero-order valence-electron chi connectivity index (χ0n) is 16.5. The van der Waals surface area contributed by atoms with Gasteiger partial charge in [-0.25, -0.2) is 10.2 Å². The Kier molecular flexibility index (Phi) is 7.50. The molecule has 0 spiro atoms. The van der Waals surface area contributed by atoms with E-state index in [-0.39, 0.29) is 0 Å². The molecule has 3 rings (SSSR count). The van der Waals surface area contributed by atoms with E-state index in [1.165, 1.54) is 6.21 Å². The molecule has 0 unspecified atom stereocenters. The quantitative estimate of drug-likeness (QED) is 0.131. The third-order valence-electron chi connectivity index (χ3n) is 4.16. The van der Waals surface area contributed by atoms with Crippen LogP contribution in [-0.4, -0.2) is 24.0 Å². The number of para-hydroxylation sites is 1. The lowest BCUT2D eigenvalue weighted by Gasteiger charge is -2.07. The predicted octanol–water partition coefficient (Wildman–Crippen LogP) is 3.91. The summed E-state index contributed by atoms with van der Waals surface area (Å²) in [7, 11) is 0. The van der Waals surface area contributed by atoms with E-state index >= 15 is 0 Å². The Hall–Kier alpha value is -3.53. The third-order valence-corrected chi connectivity index (χ3v) is 5.10. The molecule has 0 aliphatic rings. The highest BCUT2D eigenvalue weighted by atomic mass is 127. The van der Waals surface area contributed by atoms with Gasteiger partial charge in [0, 0.05) is 9.26 Å². The second kappa shape index (κ2) is 10.5. The molecule has 3 aromatic carbocycles. The van der Waals surface area contributed by atoms with Crippen LogP contribution in [0, 0.1) is 10.5 Å². The maximum absolute atomic E-state index is 12.2. The summed E-state index contributed by atoms with van der Waals surface area (Å²) in [6, 6.07) is 20.8. The maximum atomic E-state index is 12.2. The fourth-order valence-corrected chi connectivity index (χ4v) is 3.13. The van der Waals surface area contributed by atoms with E-state index in [0.29, 0.717) is 22.6 Å². The molecule has 0 aliphatic carbocycles. The lowest BCUT2D eigenvalue weighted by molar-refractivity contribution is -0.136. The summed E-state index contributed by atoms with van der Waals surface area (Å²) in [5.74, 6) is -1.77. The summed E-state index contributed by atoms with van der Waals surface area (Å²) >= 11 is 2.07. The molecule has 0 bridgehead atoms. The van der Waals surface area contributed by atoms with Gasteiger partial charge in [0.15, 0.2) is 0 Å². The largest absolute Gasteiger partial charge is 0.423 e. The predicted molar refractivity (Wildman–Crippen MR) is 126 cm³/mol. The first-order chi connectivity index (χ1) is 14.9. The molecule has 156 valence electrons. The summed E-state index contributed by atoms with van der Waals surface area (Å²) in [6.07, 6.45) is 1.38. The number of nitrogens with one attached hydrogen (secondary N) is 2. The topological polar surface area (TPSA) is 96.9 Å². The summed E-state index contributed by atoms with van der Waals surface area (Å²) in [4.78, 5) is 36.1. The van der Waals surface area contributed by atoms with Crippen LogP contribution < -0.4 is 15.5 Å². The number of hydrogen-bond acceptors (Lipinski definition) is 5. The molecule has 0 aliphatic heterocycles. The molecule has 0 radical (unpaired) electrons. The molecule has 0 heterocycles. The van der Waals surface area contributed by atoms with Crippen LogP contribution in [0.3, 0.4) is 0 Å². The Balaban J connectivity index is 1.53. The maximum Gasteiger partial charge on any atom is 0.344 e. The number of amides is 2.